The average molecular weight is 815 g/mol. The van der Waals surface area contributed by atoms with Crippen LogP contribution in [0.1, 0.15) is 270 Å². The van der Waals surface area contributed by atoms with Gasteiger partial charge in [0, 0.05) is 12.8 Å². The fraction of sp³-hybridized carbons (Fsp3) is 0.827. The Morgan fingerprint density at radius 2 is 0.603 bits per heavy atom. The molecule has 58 heavy (non-hydrogen) atoms. The second-order valence-electron chi connectivity index (χ2n) is 17.5. The highest BCUT2D eigenvalue weighted by Gasteiger charge is 2.36. The molecule has 338 valence electrons. The molecule has 1 atom stereocenters. The molecule has 0 aromatic heterocycles. The molecule has 0 bridgehead atoms. The molecular weight excluding hydrogens is 721 g/mol. The molecule has 6 heteroatoms. The van der Waals surface area contributed by atoms with Gasteiger partial charge in [0.05, 0.1) is 5.41 Å². The first kappa shape index (κ1) is 55.6. The summed E-state index contributed by atoms with van der Waals surface area (Å²) < 4.78 is 0. The Bertz CT molecular complexity index is 1020. The van der Waals surface area contributed by atoms with Gasteiger partial charge >= 0.3 is 17.9 Å². The number of hydrogen-bond donors (Lipinski definition) is 3. The van der Waals surface area contributed by atoms with E-state index in [1.165, 1.54) is 122 Å². The van der Waals surface area contributed by atoms with E-state index in [0.29, 0.717) is 12.8 Å². The van der Waals surface area contributed by atoms with Crippen LogP contribution < -0.4 is 0 Å². The van der Waals surface area contributed by atoms with Crippen LogP contribution in [0.2, 0.25) is 0 Å². The molecule has 0 aromatic carbocycles. The van der Waals surface area contributed by atoms with E-state index in [4.69, 9.17) is 10.2 Å². The standard InChI is InChI=1S/C52H94O6/c1-2-3-4-5-6-7-8-21-26-31-36-41-46-52(51(57)58,47-42-37-32-27-22-17-13-9-11-15-19-24-29-34-39-44-49(53)54)48-43-38-33-28-23-18-14-10-12-16-20-25-30-35-40-45-50(55)56/h9-12,17,22H,2-8,13-16,18-21,23-48H2,1H3,(H,53,54)(H,55,56)(H,57,58). The highest BCUT2D eigenvalue weighted by atomic mass is 16.4. The normalized spacial score (nSPS) is 13.0. The number of rotatable bonds is 47. The minimum Gasteiger partial charge on any atom is -0.481 e. The van der Waals surface area contributed by atoms with Crippen molar-refractivity contribution in [3.63, 3.8) is 0 Å². The Labute approximate surface area is 358 Å². The molecule has 0 amide bonds. The summed E-state index contributed by atoms with van der Waals surface area (Å²) in [5.74, 6) is -1.93. The van der Waals surface area contributed by atoms with Crippen LogP contribution in [0, 0.1) is 5.41 Å². The minimum atomic E-state index is -0.691. The molecule has 1 unspecified atom stereocenters. The lowest BCUT2D eigenvalue weighted by molar-refractivity contribution is -0.151. The van der Waals surface area contributed by atoms with Crippen LogP contribution in [0.15, 0.2) is 36.5 Å². The van der Waals surface area contributed by atoms with Crippen molar-refractivity contribution >= 4 is 17.9 Å². The van der Waals surface area contributed by atoms with Gasteiger partial charge in [0.1, 0.15) is 0 Å². The Morgan fingerprint density at radius 3 is 0.914 bits per heavy atom. The topological polar surface area (TPSA) is 112 Å². The van der Waals surface area contributed by atoms with Crippen molar-refractivity contribution < 1.29 is 29.7 Å². The number of aliphatic carboxylic acids is 3. The van der Waals surface area contributed by atoms with Crippen LogP contribution in [0.25, 0.3) is 0 Å². The number of carbonyl (C=O) groups is 3. The molecule has 3 N–H and O–H groups in total. The van der Waals surface area contributed by atoms with Crippen LogP contribution in [0.4, 0.5) is 0 Å². The molecule has 0 radical (unpaired) electrons. The zero-order chi connectivity index (χ0) is 42.5. The van der Waals surface area contributed by atoms with Gasteiger partial charge in [-0.25, -0.2) is 0 Å². The molecule has 6 nitrogen and oxygen atoms in total. The lowest BCUT2D eigenvalue weighted by atomic mass is 9.74. The quantitative estimate of drug-likeness (QED) is 0.0417. The van der Waals surface area contributed by atoms with E-state index in [9.17, 15) is 19.5 Å². The van der Waals surface area contributed by atoms with E-state index in [0.717, 1.165) is 128 Å². The van der Waals surface area contributed by atoms with Gasteiger partial charge in [-0.1, -0.05) is 204 Å². The monoisotopic (exact) mass is 815 g/mol. The number of unbranched alkanes of at least 4 members (excludes halogenated alkanes) is 30. The predicted octanol–water partition coefficient (Wildman–Crippen LogP) is 16.9. The van der Waals surface area contributed by atoms with Gasteiger partial charge in [0.2, 0.25) is 0 Å². The Morgan fingerprint density at radius 1 is 0.345 bits per heavy atom. The summed E-state index contributed by atoms with van der Waals surface area (Å²) in [5, 5.41) is 28.1. The lowest BCUT2D eigenvalue weighted by Gasteiger charge is -2.30. The maximum Gasteiger partial charge on any atom is 0.309 e. The summed E-state index contributed by atoms with van der Waals surface area (Å²) >= 11 is 0. The number of allylic oxidation sites excluding steroid dienone is 6. The second kappa shape index (κ2) is 44.2. The van der Waals surface area contributed by atoms with Crippen LogP contribution in [-0.4, -0.2) is 33.2 Å². The fourth-order valence-electron chi connectivity index (χ4n) is 8.22. The summed E-state index contributed by atoms with van der Waals surface area (Å²) in [6.07, 6.45) is 58.8. The van der Waals surface area contributed by atoms with Gasteiger partial charge in [-0.05, 0) is 89.9 Å². The van der Waals surface area contributed by atoms with E-state index >= 15 is 0 Å². The lowest BCUT2D eigenvalue weighted by Crippen LogP contribution is -2.31. The number of carboxylic acid groups (broad SMARTS) is 3. The fourth-order valence-corrected chi connectivity index (χ4v) is 8.22. The van der Waals surface area contributed by atoms with Gasteiger partial charge in [-0.3, -0.25) is 14.4 Å². The third kappa shape index (κ3) is 40.4. The third-order valence-electron chi connectivity index (χ3n) is 12.1. The number of carboxylic acids is 3. The van der Waals surface area contributed by atoms with Crippen molar-refractivity contribution in [2.45, 2.75) is 270 Å². The van der Waals surface area contributed by atoms with Crippen LogP contribution in [-0.2, 0) is 14.4 Å². The molecule has 0 heterocycles. The van der Waals surface area contributed by atoms with Crippen molar-refractivity contribution in [1.82, 2.24) is 0 Å². The average Bonchev–Trinajstić information content (AvgIpc) is 3.19. The molecule has 0 aliphatic carbocycles. The van der Waals surface area contributed by atoms with Gasteiger partial charge in [-0.15, -0.1) is 0 Å². The highest BCUT2D eigenvalue weighted by Crippen LogP contribution is 2.38. The predicted molar refractivity (Wildman–Crippen MR) is 248 cm³/mol. The first-order chi connectivity index (χ1) is 28.3. The molecule has 0 aliphatic rings. The maximum atomic E-state index is 12.9. The Kier molecular flexibility index (Phi) is 42.4. The zero-order valence-corrected chi connectivity index (χ0v) is 38.0. The van der Waals surface area contributed by atoms with Gasteiger partial charge in [0.15, 0.2) is 0 Å². The van der Waals surface area contributed by atoms with Crippen LogP contribution in [0.5, 0.6) is 0 Å². The van der Waals surface area contributed by atoms with Crippen molar-refractivity contribution in [2.24, 2.45) is 5.41 Å². The van der Waals surface area contributed by atoms with E-state index < -0.39 is 23.3 Å². The number of hydrogen-bond acceptors (Lipinski definition) is 3. The molecule has 0 saturated heterocycles. The Hall–Kier alpha value is -2.37. The molecule has 0 aromatic rings. The van der Waals surface area contributed by atoms with Crippen molar-refractivity contribution in [1.29, 1.82) is 0 Å². The Balaban J connectivity index is 4.44. The van der Waals surface area contributed by atoms with E-state index in [1.54, 1.807) is 0 Å². The summed E-state index contributed by atoms with van der Waals surface area (Å²) in [6.45, 7) is 2.27. The van der Waals surface area contributed by atoms with Crippen molar-refractivity contribution in [2.75, 3.05) is 0 Å². The van der Waals surface area contributed by atoms with Gasteiger partial charge in [0.25, 0.3) is 0 Å². The van der Waals surface area contributed by atoms with Crippen LogP contribution >= 0.6 is 0 Å². The van der Waals surface area contributed by atoms with E-state index in [-0.39, 0.29) is 0 Å². The molecular formula is C52H94O6. The van der Waals surface area contributed by atoms with Crippen molar-refractivity contribution in [3.8, 4) is 0 Å². The van der Waals surface area contributed by atoms with E-state index in [2.05, 4.69) is 43.4 Å². The largest absolute Gasteiger partial charge is 0.481 e. The second-order valence-corrected chi connectivity index (χ2v) is 17.5. The highest BCUT2D eigenvalue weighted by molar-refractivity contribution is 5.74. The first-order valence-electron chi connectivity index (χ1n) is 25.0. The van der Waals surface area contributed by atoms with Crippen molar-refractivity contribution in [3.05, 3.63) is 36.5 Å². The molecule has 0 aliphatic heterocycles. The maximum absolute atomic E-state index is 12.9. The summed E-state index contributed by atoms with van der Waals surface area (Å²) in [5.41, 5.74) is -0.555. The summed E-state index contributed by atoms with van der Waals surface area (Å²) in [7, 11) is 0. The van der Waals surface area contributed by atoms with E-state index in [1.807, 2.05) is 0 Å². The minimum absolute atomic E-state index is 0.292. The first-order valence-corrected chi connectivity index (χ1v) is 25.0. The molecule has 0 fully saturated rings. The van der Waals surface area contributed by atoms with Crippen LogP contribution in [0.3, 0.4) is 0 Å². The van der Waals surface area contributed by atoms with Gasteiger partial charge < -0.3 is 15.3 Å². The smallest absolute Gasteiger partial charge is 0.309 e. The van der Waals surface area contributed by atoms with Gasteiger partial charge in [-0.2, -0.15) is 0 Å². The SMILES string of the molecule is CCCCCCCCCCCCCCC(CCCCCC=CCC=CCCCCCCCC(=O)O)(CCCCCCCCC=CCCCCCCCC(=O)O)C(=O)O. The molecule has 0 spiro atoms. The molecule has 0 rings (SSSR count). The molecule has 0 saturated carbocycles. The summed E-state index contributed by atoms with van der Waals surface area (Å²) in [6, 6.07) is 0. The zero-order valence-electron chi connectivity index (χ0n) is 38.0. The summed E-state index contributed by atoms with van der Waals surface area (Å²) in [4.78, 5) is 34.1. The third-order valence-corrected chi connectivity index (χ3v) is 12.1.